The molecule has 0 aliphatic carbocycles. The highest BCUT2D eigenvalue weighted by Crippen LogP contribution is 2.35. The standard InChI is InChI=1S/C16H20N4OS/c1-21-16-8-15(17-11-18-16)20-6-3-13-14(20)2-5-19(13)9-12-4-7-22-10-12/h4,7-8,10-11,13-14H,2-3,5-6,9H2,1H3/t13-,14+/m1/s1. The van der Waals surface area contributed by atoms with Crippen LogP contribution in [0, 0.1) is 0 Å². The molecule has 4 rings (SSSR count). The normalized spacial score (nSPS) is 24.7. The van der Waals surface area contributed by atoms with Crippen LogP contribution in [0.5, 0.6) is 5.88 Å². The second-order valence-electron chi connectivity index (χ2n) is 5.93. The van der Waals surface area contributed by atoms with Gasteiger partial charge in [-0.25, -0.2) is 9.97 Å². The van der Waals surface area contributed by atoms with E-state index in [1.807, 2.05) is 6.07 Å². The summed E-state index contributed by atoms with van der Waals surface area (Å²) in [5.41, 5.74) is 1.44. The molecule has 5 nitrogen and oxygen atoms in total. The van der Waals surface area contributed by atoms with Gasteiger partial charge in [0, 0.05) is 37.8 Å². The van der Waals surface area contributed by atoms with Crippen LogP contribution in [-0.2, 0) is 6.54 Å². The third kappa shape index (κ3) is 2.46. The van der Waals surface area contributed by atoms with Gasteiger partial charge in [-0.15, -0.1) is 0 Å². The summed E-state index contributed by atoms with van der Waals surface area (Å²) in [5.74, 6) is 1.64. The van der Waals surface area contributed by atoms with Gasteiger partial charge in [-0.2, -0.15) is 11.3 Å². The van der Waals surface area contributed by atoms with E-state index in [4.69, 9.17) is 4.74 Å². The lowest BCUT2D eigenvalue weighted by Crippen LogP contribution is -2.36. The predicted molar refractivity (Wildman–Crippen MR) is 87.5 cm³/mol. The number of aromatic nitrogens is 2. The van der Waals surface area contributed by atoms with Crippen molar-refractivity contribution in [2.75, 3.05) is 25.1 Å². The van der Waals surface area contributed by atoms with Crippen molar-refractivity contribution >= 4 is 17.2 Å². The Morgan fingerprint density at radius 3 is 3.00 bits per heavy atom. The lowest BCUT2D eigenvalue weighted by atomic mass is 10.1. The van der Waals surface area contributed by atoms with E-state index in [0.29, 0.717) is 18.0 Å². The van der Waals surface area contributed by atoms with Crippen molar-refractivity contribution in [3.05, 3.63) is 34.8 Å². The Bertz CT molecular complexity index is 633. The quantitative estimate of drug-likeness (QED) is 0.866. The Hall–Kier alpha value is -1.66. The van der Waals surface area contributed by atoms with Crippen molar-refractivity contribution in [1.29, 1.82) is 0 Å². The maximum atomic E-state index is 5.23. The van der Waals surface area contributed by atoms with Crippen LogP contribution in [0.4, 0.5) is 5.82 Å². The Balaban J connectivity index is 1.50. The van der Waals surface area contributed by atoms with E-state index in [0.717, 1.165) is 18.9 Å². The fourth-order valence-corrected chi connectivity index (χ4v) is 4.43. The molecule has 2 atom stereocenters. The van der Waals surface area contributed by atoms with Crippen molar-refractivity contribution in [2.45, 2.75) is 31.5 Å². The van der Waals surface area contributed by atoms with Gasteiger partial charge in [-0.3, -0.25) is 4.90 Å². The summed E-state index contributed by atoms with van der Waals surface area (Å²) < 4.78 is 5.23. The highest BCUT2D eigenvalue weighted by Gasteiger charge is 2.42. The zero-order valence-corrected chi connectivity index (χ0v) is 13.5. The zero-order valence-electron chi connectivity index (χ0n) is 12.7. The van der Waals surface area contributed by atoms with Crippen LogP contribution in [0.3, 0.4) is 0 Å². The second-order valence-corrected chi connectivity index (χ2v) is 6.71. The lowest BCUT2D eigenvalue weighted by Gasteiger charge is -2.26. The van der Waals surface area contributed by atoms with Crippen LogP contribution in [-0.4, -0.2) is 47.2 Å². The molecule has 0 amide bonds. The molecule has 0 bridgehead atoms. The first-order valence-electron chi connectivity index (χ1n) is 7.73. The molecule has 4 heterocycles. The van der Waals surface area contributed by atoms with Gasteiger partial charge in [-0.1, -0.05) is 0 Å². The summed E-state index contributed by atoms with van der Waals surface area (Å²) in [4.78, 5) is 13.6. The summed E-state index contributed by atoms with van der Waals surface area (Å²) in [7, 11) is 1.65. The Kier molecular flexibility index (Phi) is 3.72. The number of thiophene rings is 1. The minimum Gasteiger partial charge on any atom is -0.481 e. The number of hydrogen-bond acceptors (Lipinski definition) is 6. The Labute approximate surface area is 134 Å². The SMILES string of the molecule is COc1cc(N2CC[C@@H]3[C@@H]2CCN3Cc2ccsc2)ncn1. The minimum absolute atomic E-state index is 0.568. The molecule has 2 aromatic rings. The molecule has 2 fully saturated rings. The lowest BCUT2D eigenvalue weighted by molar-refractivity contribution is 0.246. The van der Waals surface area contributed by atoms with E-state index in [2.05, 4.69) is 36.6 Å². The van der Waals surface area contributed by atoms with E-state index >= 15 is 0 Å². The van der Waals surface area contributed by atoms with Crippen molar-refractivity contribution in [1.82, 2.24) is 14.9 Å². The molecular formula is C16H20N4OS. The second kappa shape index (κ2) is 5.85. The van der Waals surface area contributed by atoms with Gasteiger partial charge >= 0.3 is 0 Å². The van der Waals surface area contributed by atoms with Crippen molar-refractivity contribution < 1.29 is 4.74 Å². The number of anilines is 1. The molecule has 0 aromatic carbocycles. The highest BCUT2D eigenvalue weighted by atomic mass is 32.1. The highest BCUT2D eigenvalue weighted by molar-refractivity contribution is 7.07. The number of fused-ring (bicyclic) bond motifs is 1. The smallest absolute Gasteiger partial charge is 0.218 e. The first-order valence-corrected chi connectivity index (χ1v) is 8.67. The van der Waals surface area contributed by atoms with Gasteiger partial charge in [0.1, 0.15) is 12.1 Å². The molecule has 2 saturated heterocycles. The van der Waals surface area contributed by atoms with Crippen LogP contribution in [0.1, 0.15) is 18.4 Å². The molecule has 2 aromatic heterocycles. The van der Waals surface area contributed by atoms with Crippen molar-refractivity contribution in [2.24, 2.45) is 0 Å². The molecule has 2 aliphatic rings. The molecule has 6 heteroatoms. The number of ether oxygens (including phenoxy) is 1. The summed E-state index contributed by atoms with van der Waals surface area (Å²) in [6.07, 6.45) is 4.02. The van der Waals surface area contributed by atoms with Crippen LogP contribution in [0.2, 0.25) is 0 Å². The average molecular weight is 316 g/mol. The maximum absolute atomic E-state index is 5.23. The van der Waals surface area contributed by atoms with Crippen molar-refractivity contribution in [3.8, 4) is 5.88 Å². The monoisotopic (exact) mass is 316 g/mol. The largest absolute Gasteiger partial charge is 0.481 e. The van der Waals surface area contributed by atoms with Gasteiger partial charge in [-0.05, 0) is 35.2 Å². The third-order valence-electron chi connectivity index (χ3n) is 4.79. The number of rotatable bonds is 4. The van der Waals surface area contributed by atoms with Crippen LogP contribution in [0.15, 0.2) is 29.2 Å². The average Bonchev–Trinajstić information content (AvgIpc) is 3.26. The number of hydrogen-bond donors (Lipinski definition) is 0. The topological polar surface area (TPSA) is 41.5 Å². The van der Waals surface area contributed by atoms with Crippen molar-refractivity contribution in [3.63, 3.8) is 0 Å². The number of likely N-dealkylation sites (tertiary alicyclic amines) is 1. The fraction of sp³-hybridized carbons (Fsp3) is 0.500. The molecule has 0 unspecified atom stereocenters. The van der Waals surface area contributed by atoms with E-state index in [-0.39, 0.29) is 0 Å². The first kappa shape index (κ1) is 14.0. The minimum atomic E-state index is 0.568. The van der Waals surface area contributed by atoms with Gasteiger partial charge in [0.15, 0.2) is 0 Å². The Morgan fingerprint density at radius 1 is 1.27 bits per heavy atom. The summed E-state index contributed by atoms with van der Waals surface area (Å²) >= 11 is 1.78. The first-order chi connectivity index (χ1) is 10.8. The third-order valence-corrected chi connectivity index (χ3v) is 5.52. The molecular weight excluding hydrogens is 296 g/mol. The van der Waals surface area contributed by atoms with Gasteiger partial charge in [0.05, 0.1) is 7.11 Å². The zero-order chi connectivity index (χ0) is 14.9. The number of methoxy groups -OCH3 is 1. The van der Waals surface area contributed by atoms with Crippen LogP contribution >= 0.6 is 11.3 Å². The molecule has 0 N–H and O–H groups in total. The van der Waals surface area contributed by atoms with E-state index in [1.54, 1.807) is 24.8 Å². The van der Waals surface area contributed by atoms with E-state index < -0.39 is 0 Å². The maximum Gasteiger partial charge on any atom is 0.218 e. The molecule has 2 aliphatic heterocycles. The summed E-state index contributed by atoms with van der Waals surface area (Å²) in [6, 6.07) is 5.39. The molecule has 0 radical (unpaired) electrons. The van der Waals surface area contributed by atoms with E-state index in [1.165, 1.54) is 24.9 Å². The molecule has 116 valence electrons. The van der Waals surface area contributed by atoms with Gasteiger partial charge in [0.25, 0.3) is 0 Å². The van der Waals surface area contributed by atoms with Gasteiger partial charge < -0.3 is 9.64 Å². The Morgan fingerprint density at radius 2 is 2.18 bits per heavy atom. The molecule has 0 spiro atoms. The molecule has 0 saturated carbocycles. The van der Waals surface area contributed by atoms with E-state index in [9.17, 15) is 0 Å². The molecule has 22 heavy (non-hydrogen) atoms. The van der Waals surface area contributed by atoms with Gasteiger partial charge in [0.2, 0.25) is 5.88 Å². The summed E-state index contributed by atoms with van der Waals surface area (Å²) in [5, 5.41) is 4.42. The number of nitrogens with zero attached hydrogens (tertiary/aromatic N) is 4. The predicted octanol–water partition coefficient (Wildman–Crippen LogP) is 2.40. The summed E-state index contributed by atoms with van der Waals surface area (Å²) in [6.45, 7) is 3.31. The van der Waals surface area contributed by atoms with Crippen LogP contribution < -0.4 is 9.64 Å². The fourth-order valence-electron chi connectivity index (χ4n) is 3.77. The van der Waals surface area contributed by atoms with Crippen LogP contribution in [0.25, 0.3) is 0 Å².